The Balaban J connectivity index is 1.91. The third-order valence-corrected chi connectivity index (χ3v) is 5.10. The van der Waals surface area contributed by atoms with Crippen LogP contribution in [0.15, 0.2) is 0 Å². The summed E-state index contributed by atoms with van der Waals surface area (Å²) in [5, 5.41) is 3.60. The number of likely N-dealkylation sites (tertiary alicyclic amines) is 1. The van der Waals surface area contributed by atoms with E-state index in [0.29, 0.717) is 0 Å². The van der Waals surface area contributed by atoms with Crippen molar-refractivity contribution < 1.29 is 0 Å². The highest BCUT2D eigenvalue weighted by molar-refractivity contribution is 4.87. The summed E-state index contributed by atoms with van der Waals surface area (Å²) in [7, 11) is 0. The van der Waals surface area contributed by atoms with Crippen LogP contribution in [-0.2, 0) is 0 Å². The van der Waals surface area contributed by atoms with Crippen LogP contribution in [0.4, 0.5) is 0 Å². The summed E-state index contributed by atoms with van der Waals surface area (Å²) in [6, 6.07) is 0.751. The quantitative estimate of drug-likeness (QED) is 0.822. The summed E-state index contributed by atoms with van der Waals surface area (Å²) < 4.78 is 0. The Morgan fingerprint density at radius 3 is 2.68 bits per heavy atom. The summed E-state index contributed by atoms with van der Waals surface area (Å²) in [5.41, 5.74) is 0. The molecule has 2 saturated heterocycles. The molecule has 2 heterocycles. The molecule has 0 aromatic heterocycles. The van der Waals surface area contributed by atoms with Crippen molar-refractivity contribution in [2.45, 2.75) is 46.1 Å². The molecule has 1 N–H and O–H groups in total. The van der Waals surface area contributed by atoms with Gasteiger partial charge in [-0.15, -0.1) is 0 Å². The standard InChI is InChI=1S/C16H33N3/c1-4-19(5-2)16-11-17-9-8-15(16)13-18-10-6-7-14(3)12-18/h14-17H,4-13H2,1-3H3. The van der Waals surface area contributed by atoms with Gasteiger partial charge in [-0.25, -0.2) is 0 Å². The molecule has 2 aliphatic heterocycles. The molecule has 112 valence electrons. The Hall–Kier alpha value is -0.120. The van der Waals surface area contributed by atoms with Gasteiger partial charge in [0.1, 0.15) is 0 Å². The molecule has 0 amide bonds. The van der Waals surface area contributed by atoms with Crippen LogP contribution in [0.25, 0.3) is 0 Å². The maximum atomic E-state index is 3.60. The largest absolute Gasteiger partial charge is 0.315 e. The van der Waals surface area contributed by atoms with Crippen molar-refractivity contribution in [3.63, 3.8) is 0 Å². The average molecular weight is 267 g/mol. The van der Waals surface area contributed by atoms with Crippen LogP contribution >= 0.6 is 0 Å². The van der Waals surface area contributed by atoms with Gasteiger partial charge in [-0.1, -0.05) is 20.8 Å². The predicted molar refractivity (Wildman–Crippen MR) is 82.5 cm³/mol. The van der Waals surface area contributed by atoms with E-state index in [4.69, 9.17) is 0 Å². The number of hydrogen-bond donors (Lipinski definition) is 1. The highest BCUT2D eigenvalue weighted by atomic mass is 15.2. The van der Waals surface area contributed by atoms with E-state index in [9.17, 15) is 0 Å². The van der Waals surface area contributed by atoms with Crippen LogP contribution in [0.5, 0.6) is 0 Å². The molecule has 0 spiro atoms. The lowest BCUT2D eigenvalue weighted by Crippen LogP contribution is -2.54. The van der Waals surface area contributed by atoms with Gasteiger partial charge < -0.3 is 10.2 Å². The molecule has 0 aromatic rings. The minimum absolute atomic E-state index is 0.751. The molecule has 0 radical (unpaired) electrons. The molecule has 3 unspecified atom stereocenters. The first kappa shape index (κ1) is 15.3. The second-order valence-corrected chi connectivity index (χ2v) is 6.55. The van der Waals surface area contributed by atoms with Crippen molar-refractivity contribution in [1.82, 2.24) is 15.1 Å². The third kappa shape index (κ3) is 4.17. The topological polar surface area (TPSA) is 18.5 Å². The molecule has 0 aliphatic carbocycles. The van der Waals surface area contributed by atoms with Gasteiger partial charge in [0.2, 0.25) is 0 Å². The van der Waals surface area contributed by atoms with Crippen LogP contribution in [0.2, 0.25) is 0 Å². The van der Waals surface area contributed by atoms with E-state index >= 15 is 0 Å². The lowest BCUT2D eigenvalue weighted by atomic mass is 9.89. The van der Waals surface area contributed by atoms with E-state index in [1.165, 1.54) is 65.1 Å². The van der Waals surface area contributed by atoms with E-state index < -0.39 is 0 Å². The highest BCUT2D eigenvalue weighted by Crippen LogP contribution is 2.23. The summed E-state index contributed by atoms with van der Waals surface area (Å²) in [4.78, 5) is 5.39. The number of nitrogens with one attached hydrogen (secondary N) is 1. The maximum Gasteiger partial charge on any atom is 0.0261 e. The Bertz CT molecular complexity index is 252. The van der Waals surface area contributed by atoms with Crippen molar-refractivity contribution >= 4 is 0 Å². The van der Waals surface area contributed by atoms with Crippen molar-refractivity contribution in [2.75, 3.05) is 45.8 Å². The molecule has 3 heteroatoms. The molecule has 2 rings (SSSR count). The van der Waals surface area contributed by atoms with Gasteiger partial charge in [0.05, 0.1) is 0 Å². The monoisotopic (exact) mass is 267 g/mol. The Labute approximate surface area is 119 Å². The van der Waals surface area contributed by atoms with Crippen LogP contribution in [0, 0.1) is 11.8 Å². The van der Waals surface area contributed by atoms with Crippen molar-refractivity contribution in [1.29, 1.82) is 0 Å². The average Bonchev–Trinajstić information content (AvgIpc) is 2.42. The number of rotatable bonds is 5. The molecule has 0 bridgehead atoms. The fraction of sp³-hybridized carbons (Fsp3) is 1.00. The summed E-state index contributed by atoms with van der Waals surface area (Å²) in [6.45, 7) is 15.8. The summed E-state index contributed by atoms with van der Waals surface area (Å²) in [5.74, 6) is 1.77. The summed E-state index contributed by atoms with van der Waals surface area (Å²) in [6.07, 6.45) is 4.19. The van der Waals surface area contributed by atoms with E-state index in [0.717, 1.165) is 17.9 Å². The van der Waals surface area contributed by atoms with E-state index in [2.05, 4.69) is 35.9 Å². The van der Waals surface area contributed by atoms with Gasteiger partial charge >= 0.3 is 0 Å². The van der Waals surface area contributed by atoms with Crippen LogP contribution in [0.1, 0.15) is 40.0 Å². The number of hydrogen-bond acceptors (Lipinski definition) is 3. The lowest BCUT2D eigenvalue weighted by molar-refractivity contribution is 0.0776. The van der Waals surface area contributed by atoms with Gasteiger partial charge in [0, 0.05) is 25.7 Å². The SMILES string of the molecule is CCN(CC)C1CNCCC1CN1CCCC(C)C1. The van der Waals surface area contributed by atoms with Crippen LogP contribution in [0.3, 0.4) is 0 Å². The molecule has 19 heavy (non-hydrogen) atoms. The van der Waals surface area contributed by atoms with Gasteiger partial charge in [-0.2, -0.15) is 0 Å². The van der Waals surface area contributed by atoms with Crippen LogP contribution in [-0.4, -0.2) is 61.7 Å². The smallest absolute Gasteiger partial charge is 0.0261 e. The molecule has 3 atom stereocenters. The van der Waals surface area contributed by atoms with E-state index in [-0.39, 0.29) is 0 Å². The molecular formula is C16H33N3. The zero-order valence-corrected chi connectivity index (χ0v) is 13.2. The molecular weight excluding hydrogens is 234 g/mol. The van der Waals surface area contributed by atoms with Crippen LogP contribution < -0.4 is 5.32 Å². The zero-order chi connectivity index (χ0) is 13.7. The van der Waals surface area contributed by atoms with Gasteiger partial charge in [-0.3, -0.25) is 4.90 Å². The summed E-state index contributed by atoms with van der Waals surface area (Å²) >= 11 is 0. The minimum Gasteiger partial charge on any atom is -0.315 e. The zero-order valence-electron chi connectivity index (χ0n) is 13.2. The molecule has 0 aromatic carbocycles. The van der Waals surface area contributed by atoms with Gasteiger partial charge in [0.25, 0.3) is 0 Å². The van der Waals surface area contributed by atoms with Crippen molar-refractivity contribution in [3.8, 4) is 0 Å². The fourth-order valence-corrected chi connectivity index (χ4v) is 4.01. The molecule has 0 saturated carbocycles. The molecule has 2 fully saturated rings. The Kier molecular flexibility index (Phi) is 6.11. The normalized spacial score (nSPS) is 33.8. The second kappa shape index (κ2) is 7.61. The first-order chi connectivity index (χ1) is 9.24. The van der Waals surface area contributed by atoms with E-state index in [1.807, 2.05) is 0 Å². The fourth-order valence-electron chi connectivity index (χ4n) is 4.01. The van der Waals surface area contributed by atoms with Crippen molar-refractivity contribution in [2.24, 2.45) is 11.8 Å². The lowest BCUT2D eigenvalue weighted by Gasteiger charge is -2.42. The first-order valence-corrected chi connectivity index (χ1v) is 8.41. The predicted octanol–water partition coefficient (Wildman–Crippen LogP) is 2.04. The maximum absolute atomic E-state index is 3.60. The first-order valence-electron chi connectivity index (χ1n) is 8.41. The minimum atomic E-state index is 0.751. The van der Waals surface area contributed by atoms with Gasteiger partial charge in [-0.05, 0) is 57.3 Å². The Morgan fingerprint density at radius 2 is 2.00 bits per heavy atom. The number of likely N-dealkylation sites (N-methyl/N-ethyl adjacent to an activating group) is 1. The number of piperidine rings is 2. The highest BCUT2D eigenvalue weighted by Gasteiger charge is 2.30. The third-order valence-electron chi connectivity index (χ3n) is 5.10. The molecule has 3 nitrogen and oxygen atoms in total. The van der Waals surface area contributed by atoms with E-state index in [1.54, 1.807) is 0 Å². The molecule has 2 aliphatic rings. The Morgan fingerprint density at radius 1 is 1.21 bits per heavy atom. The van der Waals surface area contributed by atoms with Crippen molar-refractivity contribution in [3.05, 3.63) is 0 Å². The second-order valence-electron chi connectivity index (χ2n) is 6.55. The van der Waals surface area contributed by atoms with Gasteiger partial charge in [0.15, 0.2) is 0 Å². The number of nitrogens with zero attached hydrogens (tertiary/aromatic N) is 2.